The Kier molecular flexibility index (Phi) is 6.53. The summed E-state index contributed by atoms with van der Waals surface area (Å²) in [7, 11) is -2.40. The van der Waals surface area contributed by atoms with E-state index in [0.29, 0.717) is 32.0 Å². The van der Waals surface area contributed by atoms with Crippen molar-refractivity contribution < 1.29 is 27.5 Å². The highest BCUT2D eigenvalue weighted by molar-refractivity contribution is 7.89. The van der Waals surface area contributed by atoms with Crippen molar-refractivity contribution in [2.24, 2.45) is 0 Å². The SMILES string of the molecule is COC(=O)c1cc(NC(=O)c2ccc(S(=O)(=O)N3CCOCC3)cc2)ccc1Cl. The van der Waals surface area contributed by atoms with E-state index in [2.05, 4.69) is 10.1 Å². The zero-order valence-electron chi connectivity index (χ0n) is 15.6. The number of halogens is 1. The van der Waals surface area contributed by atoms with Gasteiger partial charge in [0.25, 0.3) is 5.91 Å². The van der Waals surface area contributed by atoms with Gasteiger partial charge in [-0.05, 0) is 42.5 Å². The maximum absolute atomic E-state index is 12.6. The lowest BCUT2D eigenvalue weighted by Gasteiger charge is -2.26. The third-order valence-electron chi connectivity index (χ3n) is 4.35. The molecule has 3 rings (SSSR count). The van der Waals surface area contributed by atoms with E-state index >= 15 is 0 Å². The van der Waals surface area contributed by atoms with E-state index in [9.17, 15) is 18.0 Å². The van der Waals surface area contributed by atoms with Crippen molar-refractivity contribution in [2.75, 3.05) is 38.7 Å². The molecule has 1 saturated heterocycles. The standard InChI is InChI=1S/C19H19ClN2O6S/c1-27-19(24)16-12-14(4-7-17(16)20)21-18(23)13-2-5-15(6-3-13)29(25,26)22-8-10-28-11-9-22/h2-7,12H,8-11H2,1H3,(H,21,23). The van der Waals surface area contributed by atoms with Gasteiger partial charge in [0.2, 0.25) is 10.0 Å². The molecule has 154 valence electrons. The molecule has 0 bridgehead atoms. The molecule has 0 spiro atoms. The van der Waals surface area contributed by atoms with Gasteiger partial charge in [0.15, 0.2) is 0 Å². The highest BCUT2D eigenvalue weighted by Gasteiger charge is 2.26. The van der Waals surface area contributed by atoms with E-state index in [4.69, 9.17) is 16.3 Å². The Morgan fingerprint density at radius 2 is 1.76 bits per heavy atom. The van der Waals surface area contributed by atoms with E-state index in [-0.39, 0.29) is 21.0 Å². The summed E-state index contributed by atoms with van der Waals surface area (Å²) in [6, 6.07) is 10.1. The van der Waals surface area contributed by atoms with Crippen LogP contribution in [-0.2, 0) is 19.5 Å². The molecule has 1 aliphatic rings. The summed E-state index contributed by atoms with van der Waals surface area (Å²) in [5.74, 6) is -1.08. The highest BCUT2D eigenvalue weighted by Crippen LogP contribution is 2.22. The molecule has 0 saturated carbocycles. The van der Waals surface area contributed by atoms with Crippen LogP contribution in [0.25, 0.3) is 0 Å². The number of methoxy groups -OCH3 is 1. The molecular weight excluding hydrogens is 420 g/mol. The Bertz CT molecular complexity index is 1020. The molecule has 0 aliphatic carbocycles. The summed E-state index contributed by atoms with van der Waals surface area (Å²) in [5, 5.41) is 2.85. The first kappa shape index (κ1) is 21.3. The number of rotatable bonds is 5. The van der Waals surface area contributed by atoms with Gasteiger partial charge in [0, 0.05) is 24.3 Å². The number of nitrogens with zero attached hydrogens (tertiary/aromatic N) is 1. The van der Waals surface area contributed by atoms with Crippen LogP contribution in [0.15, 0.2) is 47.4 Å². The Morgan fingerprint density at radius 3 is 2.38 bits per heavy atom. The third kappa shape index (κ3) is 4.76. The summed E-state index contributed by atoms with van der Waals surface area (Å²) < 4.78 is 36.5. The van der Waals surface area contributed by atoms with Crippen LogP contribution in [0.4, 0.5) is 5.69 Å². The summed E-state index contributed by atoms with van der Waals surface area (Å²) in [6.07, 6.45) is 0. The van der Waals surface area contributed by atoms with Gasteiger partial charge >= 0.3 is 5.97 Å². The van der Waals surface area contributed by atoms with Crippen molar-refractivity contribution in [3.8, 4) is 0 Å². The molecule has 1 amide bonds. The largest absolute Gasteiger partial charge is 0.465 e. The predicted octanol–water partition coefficient (Wildman–Crippen LogP) is 2.40. The molecule has 2 aromatic carbocycles. The number of carbonyl (C=O) groups is 2. The second-order valence-corrected chi connectivity index (χ2v) is 8.53. The minimum atomic E-state index is -3.63. The summed E-state index contributed by atoms with van der Waals surface area (Å²) in [4.78, 5) is 24.3. The van der Waals surface area contributed by atoms with Gasteiger partial charge < -0.3 is 14.8 Å². The van der Waals surface area contributed by atoms with Crippen molar-refractivity contribution in [1.82, 2.24) is 4.31 Å². The fraction of sp³-hybridized carbons (Fsp3) is 0.263. The quantitative estimate of drug-likeness (QED) is 0.719. The average molecular weight is 439 g/mol. The Balaban J connectivity index is 1.75. The lowest BCUT2D eigenvalue weighted by atomic mass is 10.1. The molecule has 0 radical (unpaired) electrons. The first-order valence-corrected chi connectivity index (χ1v) is 10.5. The summed E-state index contributed by atoms with van der Waals surface area (Å²) in [5.41, 5.74) is 0.740. The molecule has 8 nitrogen and oxygen atoms in total. The minimum Gasteiger partial charge on any atom is -0.465 e. The first-order valence-electron chi connectivity index (χ1n) is 8.70. The van der Waals surface area contributed by atoms with E-state index in [1.165, 1.54) is 47.8 Å². The van der Waals surface area contributed by atoms with Gasteiger partial charge in [-0.25, -0.2) is 13.2 Å². The van der Waals surface area contributed by atoms with Crippen LogP contribution < -0.4 is 5.32 Å². The predicted molar refractivity (Wildman–Crippen MR) is 107 cm³/mol. The Labute approximate surface area is 173 Å². The number of esters is 1. The van der Waals surface area contributed by atoms with Crippen LogP contribution in [0.1, 0.15) is 20.7 Å². The number of benzene rings is 2. The van der Waals surface area contributed by atoms with E-state index in [0.717, 1.165) is 0 Å². The molecule has 1 aliphatic heterocycles. The fourth-order valence-corrected chi connectivity index (χ4v) is 4.39. The molecule has 1 fully saturated rings. The van der Waals surface area contributed by atoms with Crippen molar-refractivity contribution in [3.05, 3.63) is 58.6 Å². The van der Waals surface area contributed by atoms with Crippen molar-refractivity contribution in [3.63, 3.8) is 0 Å². The summed E-state index contributed by atoms with van der Waals surface area (Å²) in [6.45, 7) is 1.30. The number of nitrogens with one attached hydrogen (secondary N) is 1. The number of hydrogen-bond acceptors (Lipinski definition) is 6. The van der Waals surface area contributed by atoms with Gasteiger partial charge in [-0.2, -0.15) is 4.31 Å². The van der Waals surface area contributed by atoms with E-state index in [1.807, 2.05) is 0 Å². The number of amides is 1. The van der Waals surface area contributed by atoms with Gasteiger partial charge in [-0.15, -0.1) is 0 Å². The third-order valence-corrected chi connectivity index (χ3v) is 6.60. The second kappa shape index (κ2) is 8.91. The van der Waals surface area contributed by atoms with Crippen LogP contribution in [0.5, 0.6) is 0 Å². The zero-order valence-corrected chi connectivity index (χ0v) is 17.1. The number of hydrogen-bond donors (Lipinski definition) is 1. The number of anilines is 1. The molecule has 10 heteroatoms. The summed E-state index contributed by atoms with van der Waals surface area (Å²) >= 11 is 5.97. The van der Waals surface area contributed by atoms with Crippen molar-refractivity contribution in [1.29, 1.82) is 0 Å². The van der Waals surface area contributed by atoms with E-state index in [1.54, 1.807) is 6.07 Å². The van der Waals surface area contributed by atoms with Crippen LogP contribution in [0, 0.1) is 0 Å². The molecule has 29 heavy (non-hydrogen) atoms. The molecular formula is C19H19ClN2O6S. The van der Waals surface area contributed by atoms with Crippen LogP contribution in [0.3, 0.4) is 0 Å². The van der Waals surface area contributed by atoms with Crippen LogP contribution in [-0.4, -0.2) is 58.0 Å². The lowest BCUT2D eigenvalue weighted by molar-refractivity contribution is 0.0600. The first-order chi connectivity index (χ1) is 13.8. The Morgan fingerprint density at radius 1 is 1.10 bits per heavy atom. The smallest absolute Gasteiger partial charge is 0.339 e. The van der Waals surface area contributed by atoms with Gasteiger partial charge in [-0.3, -0.25) is 4.79 Å². The molecule has 0 atom stereocenters. The van der Waals surface area contributed by atoms with Crippen molar-refractivity contribution >= 4 is 39.2 Å². The molecule has 0 unspecified atom stereocenters. The maximum Gasteiger partial charge on any atom is 0.339 e. The molecule has 1 N–H and O–H groups in total. The topological polar surface area (TPSA) is 102 Å². The Hall–Kier alpha value is -2.46. The lowest BCUT2D eigenvalue weighted by Crippen LogP contribution is -2.40. The normalized spacial score (nSPS) is 15.0. The fourth-order valence-electron chi connectivity index (χ4n) is 2.79. The maximum atomic E-state index is 12.6. The minimum absolute atomic E-state index is 0.107. The molecule has 1 heterocycles. The second-order valence-electron chi connectivity index (χ2n) is 6.18. The van der Waals surface area contributed by atoms with Crippen LogP contribution >= 0.6 is 11.6 Å². The highest BCUT2D eigenvalue weighted by atomic mass is 35.5. The molecule has 2 aromatic rings. The van der Waals surface area contributed by atoms with Gasteiger partial charge in [-0.1, -0.05) is 11.6 Å². The average Bonchev–Trinajstić information content (AvgIpc) is 2.75. The number of ether oxygens (including phenoxy) is 2. The number of morpholine rings is 1. The van der Waals surface area contributed by atoms with Gasteiger partial charge in [0.05, 0.1) is 35.8 Å². The number of sulfonamides is 1. The van der Waals surface area contributed by atoms with Crippen LogP contribution in [0.2, 0.25) is 5.02 Å². The van der Waals surface area contributed by atoms with Gasteiger partial charge in [0.1, 0.15) is 0 Å². The monoisotopic (exact) mass is 438 g/mol. The number of carbonyl (C=O) groups excluding carboxylic acids is 2. The molecule has 0 aromatic heterocycles. The van der Waals surface area contributed by atoms with E-state index < -0.39 is 21.9 Å². The van der Waals surface area contributed by atoms with Crippen molar-refractivity contribution in [2.45, 2.75) is 4.90 Å². The zero-order chi connectivity index (χ0) is 21.0.